The summed E-state index contributed by atoms with van der Waals surface area (Å²) in [5.74, 6) is 1.29. The first-order valence-electron chi connectivity index (χ1n) is 6.60. The molecule has 4 heteroatoms. The van der Waals surface area contributed by atoms with Crippen molar-refractivity contribution in [3.05, 3.63) is 18.0 Å². The van der Waals surface area contributed by atoms with Gasteiger partial charge < -0.3 is 10.0 Å². The molecule has 0 aromatic carbocycles. The summed E-state index contributed by atoms with van der Waals surface area (Å²) in [6.07, 6.45) is 7.31. The van der Waals surface area contributed by atoms with Crippen molar-refractivity contribution >= 4 is 0 Å². The Bertz CT molecular complexity index is 390. The Labute approximate surface area is 102 Å². The summed E-state index contributed by atoms with van der Waals surface area (Å²) in [5, 5.41) is 14.1. The summed E-state index contributed by atoms with van der Waals surface area (Å²) in [5.41, 5.74) is 1.31. The lowest BCUT2D eigenvalue weighted by Gasteiger charge is -2.17. The second-order valence-electron chi connectivity index (χ2n) is 5.60. The van der Waals surface area contributed by atoms with Crippen LogP contribution in [0.15, 0.2) is 12.4 Å². The van der Waals surface area contributed by atoms with E-state index in [4.69, 9.17) is 0 Å². The van der Waals surface area contributed by atoms with Crippen molar-refractivity contribution in [2.45, 2.75) is 25.4 Å². The van der Waals surface area contributed by atoms with Crippen LogP contribution in [-0.4, -0.2) is 45.5 Å². The summed E-state index contributed by atoms with van der Waals surface area (Å²) in [7, 11) is 1.96. The Hall–Kier alpha value is -0.870. The first kappa shape index (κ1) is 11.2. The molecule has 2 heterocycles. The fourth-order valence-corrected chi connectivity index (χ4v) is 3.40. The quantitative estimate of drug-likeness (QED) is 0.837. The Morgan fingerprint density at radius 2 is 2.29 bits per heavy atom. The number of rotatable bonds is 3. The van der Waals surface area contributed by atoms with E-state index in [1.165, 1.54) is 18.5 Å². The Morgan fingerprint density at radius 1 is 1.41 bits per heavy atom. The van der Waals surface area contributed by atoms with Gasteiger partial charge in [-0.2, -0.15) is 5.10 Å². The molecule has 1 aliphatic heterocycles. The molecule has 1 N–H and O–H groups in total. The molecule has 1 aliphatic carbocycles. The predicted molar refractivity (Wildman–Crippen MR) is 65.6 cm³/mol. The van der Waals surface area contributed by atoms with Crippen LogP contribution >= 0.6 is 0 Å². The predicted octanol–water partition coefficient (Wildman–Crippen LogP) is 0.665. The molecular weight excluding hydrogens is 214 g/mol. The van der Waals surface area contributed by atoms with E-state index in [0.717, 1.165) is 31.8 Å². The first-order chi connectivity index (χ1) is 8.22. The van der Waals surface area contributed by atoms with Crippen LogP contribution in [0.1, 0.15) is 18.4 Å². The second kappa shape index (κ2) is 4.42. The number of hydrogen-bond donors (Lipinski definition) is 1. The fourth-order valence-electron chi connectivity index (χ4n) is 3.40. The largest absolute Gasteiger partial charge is 0.393 e. The number of fused-ring (bicyclic) bond motifs is 1. The topological polar surface area (TPSA) is 41.3 Å². The maximum atomic E-state index is 9.87. The molecule has 1 aromatic heterocycles. The monoisotopic (exact) mass is 235 g/mol. The summed E-state index contributed by atoms with van der Waals surface area (Å²) >= 11 is 0. The average molecular weight is 235 g/mol. The molecule has 17 heavy (non-hydrogen) atoms. The SMILES string of the molecule is Cn1cc(CCN2CC3CCC(O)C3C2)cn1. The van der Waals surface area contributed by atoms with Gasteiger partial charge in [-0.05, 0) is 30.7 Å². The van der Waals surface area contributed by atoms with Crippen molar-refractivity contribution in [1.29, 1.82) is 0 Å². The van der Waals surface area contributed by atoms with Crippen LogP contribution in [0, 0.1) is 11.8 Å². The zero-order valence-corrected chi connectivity index (χ0v) is 10.4. The standard InChI is InChI=1S/C13H21N3O/c1-15-7-10(6-14-15)4-5-16-8-11-2-3-13(17)12(11)9-16/h6-7,11-13,17H,2-5,8-9H2,1H3. The van der Waals surface area contributed by atoms with Gasteiger partial charge >= 0.3 is 0 Å². The van der Waals surface area contributed by atoms with Gasteiger partial charge in [0.25, 0.3) is 0 Å². The minimum absolute atomic E-state index is 0.0385. The van der Waals surface area contributed by atoms with E-state index in [9.17, 15) is 5.11 Å². The number of likely N-dealkylation sites (tertiary alicyclic amines) is 1. The van der Waals surface area contributed by atoms with Crippen molar-refractivity contribution in [2.75, 3.05) is 19.6 Å². The zero-order valence-electron chi connectivity index (χ0n) is 10.4. The lowest BCUT2D eigenvalue weighted by molar-refractivity contribution is 0.124. The molecule has 94 valence electrons. The molecule has 1 saturated heterocycles. The third kappa shape index (κ3) is 2.24. The Balaban J connectivity index is 1.51. The van der Waals surface area contributed by atoms with E-state index in [2.05, 4.69) is 16.2 Å². The summed E-state index contributed by atoms with van der Waals surface area (Å²) in [6.45, 7) is 3.37. The van der Waals surface area contributed by atoms with Gasteiger partial charge in [0, 0.05) is 38.8 Å². The molecule has 1 aromatic rings. The summed E-state index contributed by atoms with van der Waals surface area (Å²) in [4.78, 5) is 2.50. The highest BCUT2D eigenvalue weighted by atomic mass is 16.3. The Morgan fingerprint density at radius 3 is 3.00 bits per heavy atom. The molecule has 0 spiro atoms. The maximum absolute atomic E-state index is 9.87. The minimum Gasteiger partial charge on any atom is -0.393 e. The van der Waals surface area contributed by atoms with Gasteiger partial charge in [-0.25, -0.2) is 0 Å². The van der Waals surface area contributed by atoms with Crippen LogP contribution in [0.25, 0.3) is 0 Å². The van der Waals surface area contributed by atoms with Gasteiger partial charge in [0.2, 0.25) is 0 Å². The van der Waals surface area contributed by atoms with Crippen LogP contribution < -0.4 is 0 Å². The van der Waals surface area contributed by atoms with Crippen LogP contribution in [0.5, 0.6) is 0 Å². The smallest absolute Gasteiger partial charge is 0.0583 e. The number of nitrogens with zero attached hydrogens (tertiary/aromatic N) is 3. The third-order valence-corrected chi connectivity index (χ3v) is 4.37. The van der Waals surface area contributed by atoms with E-state index >= 15 is 0 Å². The highest BCUT2D eigenvalue weighted by molar-refractivity contribution is 5.04. The average Bonchev–Trinajstić information content (AvgIpc) is 2.95. The fraction of sp³-hybridized carbons (Fsp3) is 0.769. The van der Waals surface area contributed by atoms with Gasteiger partial charge in [-0.1, -0.05) is 0 Å². The zero-order chi connectivity index (χ0) is 11.8. The molecule has 1 saturated carbocycles. The number of aliphatic hydroxyl groups excluding tert-OH is 1. The van der Waals surface area contributed by atoms with Crippen molar-refractivity contribution in [1.82, 2.24) is 14.7 Å². The number of aliphatic hydroxyl groups is 1. The lowest BCUT2D eigenvalue weighted by atomic mass is 10.00. The molecule has 4 nitrogen and oxygen atoms in total. The normalized spacial score (nSPS) is 33.2. The number of aryl methyl sites for hydroxylation is 1. The molecule has 3 rings (SSSR count). The van der Waals surface area contributed by atoms with E-state index < -0.39 is 0 Å². The van der Waals surface area contributed by atoms with E-state index in [1.54, 1.807) is 0 Å². The molecule has 0 bridgehead atoms. The third-order valence-electron chi connectivity index (χ3n) is 4.37. The molecular formula is C13H21N3O. The van der Waals surface area contributed by atoms with Gasteiger partial charge in [0.05, 0.1) is 12.3 Å². The van der Waals surface area contributed by atoms with E-state index in [1.807, 2.05) is 17.9 Å². The van der Waals surface area contributed by atoms with Gasteiger partial charge in [0.15, 0.2) is 0 Å². The van der Waals surface area contributed by atoms with Crippen molar-refractivity contribution in [3.63, 3.8) is 0 Å². The summed E-state index contributed by atoms with van der Waals surface area (Å²) in [6, 6.07) is 0. The summed E-state index contributed by atoms with van der Waals surface area (Å²) < 4.78 is 1.86. The minimum atomic E-state index is -0.0385. The van der Waals surface area contributed by atoms with Gasteiger partial charge in [-0.15, -0.1) is 0 Å². The maximum Gasteiger partial charge on any atom is 0.0583 e. The second-order valence-corrected chi connectivity index (χ2v) is 5.60. The Kier molecular flexibility index (Phi) is 2.92. The molecule has 2 aliphatic rings. The van der Waals surface area contributed by atoms with Crippen LogP contribution in [0.2, 0.25) is 0 Å². The highest BCUT2D eigenvalue weighted by Crippen LogP contribution is 2.37. The molecule has 3 atom stereocenters. The van der Waals surface area contributed by atoms with Crippen molar-refractivity contribution in [2.24, 2.45) is 18.9 Å². The number of aromatic nitrogens is 2. The highest BCUT2D eigenvalue weighted by Gasteiger charge is 2.41. The molecule has 3 unspecified atom stereocenters. The number of hydrogen-bond acceptors (Lipinski definition) is 3. The van der Waals surface area contributed by atoms with Crippen LogP contribution in [0.4, 0.5) is 0 Å². The first-order valence-corrected chi connectivity index (χ1v) is 6.60. The molecule has 0 amide bonds. The van der Waals surface area contributed by atoms with Gasteiger partial charge in [0.1, 0.15) is 0 Å². The van der Waals surface area contributed by atoms with E-state index in [-0.39, 0.29) is 6.10 Å². The van der Waals surface area contributed by atoms with Crippen LogP contribution in [-0.2, 0) is 13.5 Å². The van der Waals surface area contributed by atoms with E-state index in [0.29, 0.717) is 5.92 Å². The van der Waals surface area contributed by atoms with Gasteiger partial charge in [-0.3, -0.25) is 4.68 Å². The van der Waals surface area contributed by atoms with Crippen LogP contribution in [0.3, 0.4) is 0 Å². The molecule has 2 fully saturated rings. The lowest BCUT2D eigenvalue weighted by Crippen LogP contribution is -2.26. The van der Waals surface area contributed by atoms with Crippen molar-refractivity contribution < 1.29 is 5.11 Å². The molecule has 0 radical (unpaired) electrons. The van der Waals surface area contributed by atoms with Crippen molar-refractivity contribution in [3.8, 4) is 0 Å².